The second kappa shape index (κ2) is 14.2. The van der Waals surface area contributed by atoms with Gasteiger partial charge in [0.25, 0.3) is 0 Å². The van der Waals surface area contributed by atoms with Gasteiger partial charge in [-0.1, -0.05) is 146 Å². The Morgan fingerprint density at radius 2 is 0.807 bits per heavy atom. The molecule has 0 radical (unpaired) electrons. The van der Waals surface area contributed by atoms with Crippen LogP contribution in [-0.2, 0) is 0 Å². The molecule has 1 heterocycles. The van der Waals surface area contributed by atoms with Crippen LogP contribution in [0, 0.1) is 0 Å². The number of rotatable bonds is 8. The average Bonchev–Trinajstić information content (AvgIpc) is 3.65. The second-order valence-corrected chi connectivity index (χ2v) is 21.9. The minimum atomic E-state index is -1.41. The Bertz CT molecular complexity index is 2980. The third-order valence-electron chi connectivity index (χ3n) is 11.2. The molecule has 0 fully saturated rings. The van der Waals surface area contributed by atoms with Gasteiger partial charge in [-0.3, -0.25) is 0 Å². The first-order valence-electron chi connectivity index (χ1n) is 19.7. The van der Waals surface area contributed by atoms with Gasteiger partial charge in [0.2, 0.25) is 0 Å². The Balaban J connectivity index is 1.07. The van der Waals surface area contributed by atoms with Gasteiger partial charge in [0, 0.05) is 59.7 Å². The van der Waals surface area contributed by atoms with E-state index in [0.29, 0.717) is 0 Å². The van der Waals surface area contributed by atoms with Crippen molar-refractivity contribution in [3.05, 3.63) is 200 Å². The third kappa shape index (κ3) is 6.37. The number of anilines is 6. The van der Waals surface area contributed by atoms with E-state index in [1.54, 1.807) is 0 Å². The fourth-order valence-corrected chi connectivity index (χ4v) is 10.8. The maximum Gasteiger partial charge on any atom is 0.0775 e. The van der Waals surface area contributed by atoms with Gasteiger partial charge in [-0.2, -0.15) is 0 Å². The predicted molar refractivity (Wildman–Crippen MR) is 252 cm³/mol. The molecular formula is C53H42N2SSi. The largest absolute Gasteiger partial charge is 0.311 e. The molecule has 0 spiro atoms. The molecular weight excluding hydrogens is 725 g/mol. The van der Waals surface area contributed by atoms with Crippen LogP contribution in [0.1, 0.15) is 0 Å². The highest BCUT2D eigenvalue weighted by atomic mass is 32.1. The summed E-state index contributed by atoms with van der Waals surface area (Å²) in [6.07, 6.45) is 0. The van der Waals surface area contributed by atoms with Gasteiger partial charge >= 0.3 is 0 Å². The van der Waals surface area contributed by atoms with Crippen molar-refractivity contribution in [2.75, 3.05) is 9.80 Å². The smallest absolute Gasteiger partial charge is 0.0775 e. The van der Waals surface area contributed by atoms with Crippen molar-refractivity contribution < 1.29 is 0 Å². The Kier molecular flexibility index (Phi) is 8.74. The molecule has 274 valence electrons. The van der Waals surface area contributed by atoms with Gasteiger partial charge in [-0.25, -0.2) is 0 Å². The molecule has 1 aromatic heterocycles. The normalized spacial score (nSPS) is 11.8. The lowest BCUT2D eigenvalue weighted by atomic mass is 9.94. The number of thiophene rings is 1. The van der Waals surface area contributed by atoms with Crippen LogP contribution in [0.5, 0.6) is 0 Å². The lowest BCUT2D eigenvalue weighted by molar-refractivity contribution is 1.28. The molecule has 0 atom stereocenters. The van der Waals surface area contributed by atoms with Crippen LogP contribution < -0.4 is 15.0 Å². The van der Waals surface area contributed by atoms with E-state index >= 15 is 0 Å². The van der Waals surface area contributed by atoms with Gasteiger partial charge in [0.05, 0.1) is 8.07 Å². The Morgan fingerprint density at radius 3 is 1.39 bits per heavy atom. The number of benzene rings is 9. The van der Waals surface area contributed by atoms with Crippen molar-refractivity contribution in [1.82, 2.24) is 0 Å². The molecule has 2 nitrogen and oxygen atoms in total. The molecule has 10 rings (SSSR count). The van der Waals surface area contributed by atoms with Gasteiger partial charge < -0.3 is 9.80 Å². The van der Waals surface area contributed by atoms with Crippen LogP contribution in [0.4, 0.5) is 34.1 Å². The monoisotopic (exact) mass is 766 g/mol. The quantitative estimate of drug-likeness (QED) is 0.112. The topological polar surface area (TPSA) is 6.48 Å². The van der Waals surface area contributed by atoms with Crippen molar-refractivity contribution in [2.24, 2.45) is 0 Å². The van der Waals surface area contributed by atoms with E-state index < -0.39 is 8.07 Å². The molecule has 10 aromatic rings. The summed E-state index contributed by atoms with van der Waals surface area (Å²) in [6.45, 7) is 7.20. The molecule has 0 bridgehead atoms. The van der Waals surface area contributed by atoms with E-state index in [-0.39, 0.29) is 0 Å². The molecule has 0 N–H and O–H groups in total. The van der Waals surface area contributed by atoms with Gasteiger partial charge in [0.1, 0.15) is 0 Å². The average molecular weight is 767 g/mol. The zero-order chi connectivity index (χ0) is 38.5. The number of hydrogen-bond donors (Lipinski definition) is 0. The van der Waals surface area contributed by atoms with E-state index in [0.717, 1.165) is 28.4 Å². The van der Waals surface area contributed by atoms with Crippen LogP contribution in [0.3, 0.4) is 0 Å². The summed E-state index contributed by atoms with van der Waals surface area (Å²) in [5, 5.41) is 9.28. The second-order valence-electron chi connectivity index (χ2n) is 15.8. The summed E-state index contributed by atoms with van der Waals surface area (Å²) >= 11 is 1.90. The molecule has 57 heavy (non-hydrogen) atoms. The van der Waals surface area contributed by atoms with E-state index in [1.807, 2.05) is 11.3 Å². The number of fused-ring (bicyclic) bond motifs is 8. The maximum atomic E-state index is 2.40. The standard InChI is InChI=1S/C53H42N2SSi/c1-57(2,3)45-31-28-43(29-32-45)54(39-15-7-4-8-16-39)42-26-23-37(24-27-42)38-25-33-48-50(35-38)46-21-13-14-22-47(46)52-49-34-30-44(36-51(49)56-53(48)52)55(40-17-9-5-10-18-40)41-19-11-6-12-20-41/h4-36H,1-3H3. The molecule has 0 aliphatic carbocycles. The van der Waals surface area contributed by atoms with E-state index in [4.69, 9.17) is 0 Å². The first-order valence-corrected chi connectivity index (χ1v) is 24.0. The SMILES string of the molecule is C[Si](C)(C)c1ccc(N(c2ccccc2)c2ccc(-c3ccc4c(c3)c3ccccc3c3c5ccc(N(c6ccccc6)c6ccccc6)cc5sc43)cc2)cc1. The van der Waals surface area contributed by atoms with Crippen LogP contribution in [0.2, 0.25) is 19.6 Å². The highest BCUT2D eigenvalue weighted by molar-refractivity contribution is 7.27. The van der Waals surface area contributed by atoms with Crippen LogP contribution in [-0.4, -0.2) is 8.07 Å². The maximum absolute atomic E-state index is 2.40. The number of nitrogens with zero attached hydrogens (tertiary/aromatic N) is 2. The Hall–Kier alpha value is -6.46. The summed E-state index contributed by atoms with van der Waals surface area (Å²) in [7, 11) is -1.41. The van der Waals surface area contributed by atoms with Crippen LogP contribution in [0.15, 0.2) is 200 Å². The Morgan fingerprint density at radius 1 is 0.351 bits per heavy atom. The third-order valence-corrected chi connectivity index (χ3v) is 14.4. The van der Waals surface area contributed by atoms with Crippen molar-refractivity contribution in [2.45, 2.75) is 19.6 Å². The zero-order valence-electron chi connectivity index (χ0n) is 32.4. The highest BCUT2D eigenvalue weighted by Crippen LogP contribution is 2.47. The first-order chi connectivity index (χ1) is 27.9. The van der Waals surface area contributed by atoms with Gasteiger partial charge in [-0.15, -0.1) is 11.3 Å². The highest BCUT2D eigenvalue weighted by Gasteiger charge is 2.20. The predicted octanol–water partition coefficient (Wildman–Crippen LogP) is 15.5. The minimum absolute atomic E-state index is 1.14. The van der Waals surface area contributed by atoms with Crippen LogP contribution >= 0.6 is 11.3 Å². The zero-order valence-corrected chi connectivity index (χ0v) is 34.2. The molecule has 0 saturated heterocycles. The molecule has 0 amide bonds. The molecule has 9 aromatic carbocycles. The molecule has 4 heteroatoms. The molecule has 0 aliphatic rings. The fraction of sp³-hybridized carbons (Fsp3) is 0.0566. The summed E-state index contributed by atoms with van der Waals surface area (Å²) < 4.78 is 2.62. The van der Waals surface area contributed by atoms with Crippen molar-refractivity contribution in [1.29, 1.82) is 0 Å². The summed E-state index contributed by atoms with van der Waals surface area (Å²) in [6, 6.07) is 73.2. The first kappa shape index (κ1) is 35.0. The molecule has 0 saturated carbocycles. The van der Waals surface area contributed by atoms with Crippen molar-refractivity contribution >= 4 is 100 Å². The number of hydrogen-bond acceptors (Lipinski definition) is 3. The molecule has 0 unspecified atom stereocenters. The lowest BCUT2D eigenvalue weighted by Crippen LogP contribution is -2.37. The van der Waals surface area contributed by atoms with Crippen molar-refractivity contribution in [3.63, 3.8) is 0 Å². The van der Waals surface area contributed by atoms with Gasteiger partial charge in [0.15, 0.2) is 0 Å². The van der Waals surface area contributed by atoms with Crippen molar-refractivity contribution in [3.8, 4) is 11.1 Å². The molecule has 0 aliphatic heterocycles. The fourth-order valence-electron chi connectivity index (χ4n) is 8.30. The van der Waals surface area contributed by atoms with Gasteiger partial charge in [-0.05, 0) is 106 Å². The van der Waals surface area contributed by atoms with E-state index in [1.165, 1.54) is 63.7 Å². The summed E-state index contributed by atoms with van der Waals surface area (Å²) in [5.41, 5.74) is 9.32. The van der Waals surface area contributed by atoms with Crippen LogP contribution in [0.25, 0.3) is 52.8 Å². The van der Waals surface area contributed by atoms with E-state index in [2.05, 4.69) is 230 Å². The van der Waals surface area contributed by atoms with E-state index in [9.17, 15) is 0 Å². The minimum Gasteiger partial charge on any atom is -0.311 e. The lowest BCUT2D eigenvalue weighted by Gasteiger charge is -2.26. The summed E-state index contributed by atoms with van der Waals surface area (Å²) in [5.74, 6) is 0. The Labute approximate surface area is 339 Å². The number of para-hydroxylation sites is 3. The summed E-state index contributed by atoms with van der Waals surface area (Å²) in [4.78, 5) is 4.70.